The third kappa shape index (κ3) is 3.65. The zero-order valence-electron chi connectivity index (χ0n) is 9.29. The van der Waals surface area contributed by atoms with Gasteiger partial charge in [0.25, 0.3) is 0 Å². The fourth-order valence-corrected chi connectivity index (χ4v) is 1.76. The van der Waals surface area contributed by atoms with Gasteiger partial charge < -0.3 is 10.6 Å². The average Bonchev–Trinajstić information content (AvgIpc) is 1.96. The number of nitrogens with two attached hydrogens (primary N) is 1. The third-order valence-corrected chi connectivity index (χ3v) is 3.17. The first kappa shape index (κ1) is 11.0. The van der Waals surface area contributed by atoms with Crippen molar-refractivity contribution in [2.24, 2.45) is 17.6 Å². The summed E-state index contributed by atoms with van der Waals surface area (Å²) in [6, 6.07) is 0.338. The van der Waals surface area contributed by atoms with E-state index in [-0.39, 0.29) is 0 Å². The maximum atomic E-state index is 6.01. The molecule has 1 aliphatic carbocycles. The van der Waals surface area contributed by atoms with Crippen molar-refractivity contribution < 1.29 is 0 Å². The zero-order valence-corrected chi connectivity index (χ0v) is 9.29. The van der Waals surface area contributed by atoms with Gasteiger partial charge in [0.05, 0.1) is 0 Å². The highest BCUT2D eigenvalue weighted by Gasteiger charge is 2.20. The first-order chi connectivity index (χ1) is 6.09. The van der Waals surface area contributed by atoms with Gasteiger partial charge in [0.15, 0.2) is 0 Å². The van der Waals surface area contributed by atoms with Crippen molar-refractivity contribution in [1.82, 2.24) is 4.90 Å². The van der Waals surface area contributed by atoms with Crippen LogP contribution >= 0.6 is 0 Å². The fraction of sp³-hybridized carbons (Fsp3) is 1.00. The second-order valence-electron chi connectivity index (χ2n) is 4.93. The predicted octanol–water partition coefficient (Wildman–Crippen LogP) is 1.70. The van der Waals surface area contributed by atoms with E-state index in [4.69, 9.17) is 5.73 Å². The van der Waals surface area contributed by atoms with Crippen molar-refractivity contribution in [2.45, 2.75) is 39.2 Å². The molecule has 0 saturated heterocycles. The van der Waals surface area contributed by atoms with Crippen LogP contribution in [-0.4, -0.2) is 31.1 Å². The van der Waals surface area contributed by atoms with Gasteiger partial charge in [-0.1, -0.05) is 20.3 Å². The molecule has 2 N–H and O–H groups in total. The Balaban J connectivity index is 2.12. The van der Waals surface area contributed by atoms with Crippen LogP contribution in [0.4, 0.5) is 0 Å². The maximum absolute atomic E-state index is 6.01. The van der Waals surface area contributed by atoms with E-state index in [1.165, 1.54) is 25.8 Å². The highest BCUT2D eigenvalue weighted by molar-refractivity contribution is 4.75. The summed E-state index contributed by atoms with van der Waals surface area (Å²) >= 11 is 0. The van der Waals surface area contributed by atoms with Gasteiger partial charge in [-0.05, 0) is 31.7 Å². The van der Waals surface area contributed by atoms with Crippen molar-refractivity contribution in [3.8, 4) is 0 Å². The average molecular weight is 184 g/mol. The molecule has 0 amide bonds. The summed E-state index contributed by atoms with van der Waals surface area (Å²) in [6.07, 6.45) is 4.30. The molecule has 1 saturated carbocycles. The number of hydrogen-bond acceptors (Lipinski definition) is 2. The van der Waals surface area contributed by atoms with E-state index in [1.807, 2.05) is 0 Å². The van der Waals surface area contributed by atoms with Crippen molar-refractivity contribution in [1.29, 1.82) is 0 Å². The summed E-state index contributed by atoms with van der Waals surface area (Å²) < 4.78 is 0. The van der Waals surface area contributed by atoms with Crippen LogP contribution in [0.2, 0.25) is 0 Å². The monoisotopic (exact) mass is 184 g/mol. The molecule has 1 unspecified atom stereocenters. The summed E-state index contributed by atoms with van der Waals surface area (Å²) in [5, 5.41) is 0. The fourth-order valence-electron chi connectivity index (χ4n) is 1.76. The molecule has 2 heteroatoms. The third-order valence-electron chi connectivity index (χ3n) is 3.17. The predicted molar refractivity (Wildman–Crippen MR) is 57.7 cm³/mol. The Morgan fingerprint density at radius 1 is 1.38 bits per heavy atom. The van der Waals surface area contributed by atoms with Crippen LogP contribution in [0, 0.1) is 11.8 Å². The van der Waals surface area contributed by atoms with Gasteiger partial charge in [0.2, 0.25) is 0 Å². The molecule has 0 aromatic heterocycles. The Hall–Kier alpha value is -0.0800. The SMILES string of the molecule is CC(C)C(N)CN(C)CC1CCC1. The smallest absolute Gasteiger partial charge is 0.0191 e. The molecule has 1 atom stereocenters. The molecule has 0 spiro atoms. The number of hydrogen-bond donors (Lipinski definition) is 1. The molecule has 0 radical (unpaired) electrons. The molecule has 1 aliphatic rings. The minimum Gasteiger partial charge on any atom is -0.326 e. The summed E-state index contributed by atoms with van der Waals surface area (Å²) in [7, 11) is 2.19. The van der Waals surface area contributed by atoms with Gasteiger partial charge in [0, 0.05) is 19.1 Å². The molecule has 0 bridgehead atoms. The normalized spacial score (nSPS) is 20.8. The van der Waals surface area contributed by atoms with Crippen LogP contribution in [0.25, 0.3) is 0 Å². The molecule has 1 rings (SSSR count). The van der Waals surface area contributed by atoms with Crippen molar-refractivity contribution in [2.75, 3.05) is 20.1 Å². The Bertz CT molecular complexity index is 141. The molecule has 0 aromatic carbocycles. The lowest BCUT2D eigenvalue weighted by Gasteiger charge is -2.32. The quantitative estimate of drug-likeness (QED) is 0.704. The van der Waals surface area contributed by atoms with Crippen molar-refractivity contribution in [3.63, 3.8) is 0 Å². The molecule has 78 valence electrons. The summed E-state index contributed by atoms with van der Waals surface area (Å²) in [4.78, 5) is 2.40. The van der Waals surface area contributed by atoms with E-state index >= 15 is 0 Å². The van der Waals surface area contributed by atoms with E-state index in [0.717, 1.165) is 12.5 Å². The van der Waals surface area contributed by atoms with Gasteiger partial charge in [-0.2, -0.15) is 0 Å². The van der Waals surface area contributed by atoms with Gasteiger partial charge in [-0.25, -0.2) is 0 Å². The molecule has 0 heterocycles. The summed E-state index contributed by atoms with van der Waals surface area (Å²) in [5.74, 6) is 1.56. The Morgan fingerprint density at radius 2 is 2.00 bits per heavy atom. The maximum Gasteiger partial charge on any atom is 0.0191 e. The Labute approximate surface area is 82.5 Å². The number of nitrogens with zero attached hydrogens (tertiary/aromatic N) is 1. The van der Waals surface area contributed by atoms with Gasteiger partial charge in [-0.15, -0.1) is 0 Å². The van der Waals surface area contributed by atoms with E-state index in [2.05, 4.69) is 25.8 Å². The molecule has 2 nitrogen and oxygen atoms in total. The summed E-state index contributed by atoms with van der Waals surface area (Å²) in [6.45, 7) is 6.69. The van der Waals surface area contributed by atoms with Gasteiger partial charge in [0.1, 0.15) is 0 Å². The van der Waals surface area contributed by atoms with Crippen molar-refractivity contribution in [3.05, 3.63) is 0 Å². The molecular formula is C11H24N2. The highest BCUT2D eigenvalue weighted by Crippen LogP contribution is 2.26. The number of likely N-dealkylation sites (N-methyl/N-ethyl adjacent to an activating group) is 1. The molecule has 1 fully saturated rings. The van der Waals surface area contributed by atoms with Gasteiger partial charge in [-0.3, -0.25) is 0 Å². The van der Waals surface area contributed by atoms with Crippen LogP contribution < -0.4 is 5.73 Å². The standard InChI is InChI=1S/C11H24N2/c1-9(2)11(12)8-13(3)7-10-5-4-6-10/h9-11H,4-8,12H2,1-3H3. The van der Waals surface area contributed by atoms with E-state index in [0.29, 0.717) is 12.0 Å². The lowest BCUT2D eigenvalue weighted by molar-refractivity contribution is 0.190. The molecule has 0 aromatic rings. The summed E-state index contributed by atoms with van der Waals surface area (Å²) in [5.41, 5.74) is 6.01. The topological polar surface area (TPSA) is 29.3 Å². The van der Waals surface area contributed by atoms with E-state index in [1.54, 1.807) is 0 Å². The molecular weight excluding hydrogens is 160 g/mol. The van der Waals surface area contributed by atoms with E-state index < -0.39 is 0 Å². The Kier molecular flexibility index (Phi) is 4.20. The first-order valence-corrected chi connectivity index (χ1v) is 5.53. The van der Waals surface area contributed by atoms with Gasteiger partial charge >= 0.3 is 0 Å². The largest absolute Gasteiger partial charge is 0.326 e. The number of rotatable bonds is 5. The molecule has 13 heavy (non-hydrogen) atoms. The lowest BCUT2D eigenvalue weighted by atomic mass is 9.85. The van der Waals surface area contributed by atoms with Crippen LogP contribution in [0.1, 0.15) is 33.1 Å². The van der Waals surface area contributed by atoms with Crippen LogP contribution in [0.15, 0.2) is 0 Å². The minimum atomic E-state index is 0.338. The van der Waals surface area contributed by atoms with Crippen LogP contribution in [0.3, 0.4) is 0 Å². The highest BCUT2D eigenvalue weighted by atomic mass is 15.1. The lowest BCUT2D eigenvalue weighted by Crippen LogP contribution is -2.41. The van der Waals surface area contributed by atoms with Crippen molar-refractivity contribution >= 4 is 0 Å². The Morgan fingerprint density at radius 3 is 2.38 bits per heavy atom. The second-order valence-corrected chi connectivity index (χ2v) is 4.93. The second kappa shape index (κ2) is 4.97. The zero-order chi connectivity index (χ0) is 9.84. The van der Waals surface area contributed by atoms with Crippen LogP contribution in [-0.2, 0) is 0 Å². The van der Waals surface area contributed by atoms with E-state index in [9.17, 15) is 0 Å². The van der Waals surface area contributed by atoms with Crippen LogP contribution in [0.5, 0.6) is 0 Å². The first-order valence-electron chi connectivity index (χ1n) is 5.53. The molecule has 0 aliphatic heterocycles. The minimum absolute atomic E-state index is 0.338.